The summed E-state index contributed by atoms with van der Waals surface area (Å²) in [5.74, 6) is 0.371. The smallest absolute Gasteiger partial charge is 0.0678 e. The van der Waals surface area contributed by atoms with Gasteiger partial charge < -0.3 is 15.2 Å². The van der Waals surface area contributed by atoms with E-state index in [0.717, 1.165) is 13.0 Å². The first-order valence-corrected chi connectivity index (χ1v) is 7.82. The zero-order valence-electron chi connectivity index (χ0n) is 15.2. The van der Waals surface area contributed by atoms with Crippen LogP contribution in [0.1, 0.15) is 68.7 Å². The molecule has 0 heterocycles. The fourth-order valence-corrected chi connectivity index (χ4v) is 1.60. The number of nitrogens with two attached hydrogens (primary N) is 1. The molecule has 2 unspecified atom stereocenters. The summed E-state index contributed by atoms with van der Waals surface area (Å²) in [5, 5.41) is 0. The number of rotatable bonds is 8. The molecule has 2 atom stereocenters. The second-order valence-corrected chi connectivity index (χ2v) is 8.25. The van der Waals surface area contributed by atoms with Crippen molar-refractivity contribution in [3.63, 3.8) is 0 Å². The minimum Gasteiger partial charge on any atom is -0.376 e. The van der Waals surface area contributed by atoms with Gasteiger partial charge in [0.1, 0.15) is 0 Å². The number of hydrogen-bond acceptors (Lipinski definition) is 3. The predicted octanol–water partition coefficient (Wildman–Crippen LogP) is 4.00. The van der Waals surface area contributed by atoms with Crippen LogP contribution in [0.2, 0.25) is 0 Å². The lowest BCUT2D eigenvalue weighted by Crippen LogP contribution is -2.44. The van der Waals surface area contributed by atoms with E-state index < -0.39 is 0 Å². The van der Waals surface area contributed by atoms with Gasteiger partial charge in [0, 0.05) is 12.6 Å². The van der Waals surface area contributed by atoms with E-state index >= 15 is 0 Å². The third-order valence-corrected chi connectivity index (χ3v) is 4.50. The molecule has 3 heteroatoms. The Bertz CT molecular complexity index is 277. The average molecular weight is 287 g/mol. The molecule has 0 aliphatic rings. The highest BCUT2D eigenvalue weighted by Gasteiger charge is 2.38. The van der Waals surface area contributed by atoms with E-state index in [1.165, 1.54) is 0 Å². The van der Waals surface area contributed by atoms with Crippen molar-refractivity contribution < 1.29 is 9.47 Å². The molecule has 0 rings (SSSR count). The lowest BCUT2D eigenvalue weighted by Gasteiger charge is -2.42. The first-order valence-electron chi connectivity index (χ1n) is 7.82. The summed E-state index contributed by atoms with van der Waals surface area (Å²) >= 11 is 0. The van der Waals surface area contributed by atoms with Gasteiger partial charge in [0.25, 0.3) is 0 Å². The van der Waals surface area contributed by atoms with Crippen molar-refractivity contribution in [3.05, 3.63) is 0 Å². The van der Waals surface area contributed by atoms with Gasteiger partial charge in [-0.1, -0.05) is 20.8 Å². The minimum atomic E-state index is -0.197. The van der Waals surface area contributed by atoms with Gasteiger partial charge in [0.15, 0.2) is 0 Å². The Labute approximate surface area is 126 Å². The largest absolute Gasteiger partial charge is 0.376 e. The van der Waals surface area contributed by atoms with Gasteiger partial charge in [-0.05, 0) is 59.3 Å². The fraction of sp³-hybridized carbons (Fsp3) is 1.00. The lowest BCUT2D eigenvalue weighted by molar-refractivity contribution is -0.123. The Morgan fingerprint density at radius 2 is 1.40 bits per heavy atom. The summed E-state index contributed by atoms with van der Waals surface area (Å²) in [6.45, 7) is 20.7. The zero-order valence-corrected chi connectivity index (χ0v) is 15.2. The van der Waals surface area contributed by atoms with Crippen LogP contribution in [0, 0.1) is 11.3 Å². The topological polar surface area (TPSA) is 44.5 Å². The average Bonchev–Trinajstić information content (AvgIpc) is 2.23. The number of hydrogen-bond donors (Lipinski definition) is 1. The zero-order chi connectivity index (χ0) is 16.2. The molecule has 0 amide bonds. The van der Waals surface area contributed by atoms with Crippen LogP contribution in [0.15, 0.2) is 0 Å². The summed E-state index contributed by atoms with van der Waals surface area (Å²) in [7, 11) is 0. The van der Waals surface area contributed by atoms with E-state index in [1.807, 2.05) is 6.92 Å². The molecular weight excluding hydrogens is 250 g/mol. The molecule has 0 fully saturated rings. The van der Waals surface area contributed by atoms with E-state index in [9.17, 15) is 0 Å². The van der Waals surface area contributed by atoms with Crippen molar-refractivity contribution in [2.45, 2.75) is 86.0 Å². The molecule has 0 aromatic rings. The van der Waals surface area contributed by atoms with Gasteiger partial charge >= 0.3 is 0 Å². The van der Waals surface area contributed by atoms with Crippen molar-refractivity contribution in [2.75, 3.05) is 13.2 Å². The Kier molecular flexibility index (Phi) is 7.19. The fourth-order valence-electron chi connectivity index (χ4n) is 1.60. The van der Waals surface area contributed by atoms with Crippen molar-refractivity contribution >= 4 is 0 Å². The van der Waals surface area contributed by atoms with Gasteiger partial charge in [-0.3, -0.25) is 0 Å². The standard InChI is InChI=1S/C17H37NO2/c1-13(14(2)18)12-20-17(8,9)16(6,7)10-11-19-15(3,4)5/h13-14H,10-12,18H2,1-9H3. The lowest BCUT2D eigenvalue weighted by atomic mass is 9.74. The highest BCUT2D eigenvalue weighted by Crippen LogP contribution is 2.37. The van der Waals surface area contributed by atoms with Gasteiger partial charge in [-0.25, -0.2) is 0 Å². The van der Waals surface area contributed by atoms with Gasteiger partial charge in [0.2, 0.25) is 0 Å². The second-order valence-electron chi connectivity index (χ2n) is 8.25. The molecule has 122 valence electrons. The maximum absolute atomic E-state index is 6.16. The van der Waals surface area contributed by atoms with Crippen LogP contribution >= 0.6 is 0 Å². The molecule has 0 aromatic carbocycles. The minimum absolute atomic E-state index is 0.0514. The van der Waals surface area contributed by atoms with E-state index in [1.54, 1.807) is 0 Å². The molecule has 0 spiro atoms. The molecule has 0 aliphatic heterocycles. The maximum atomic E-state index is 6.16. The molecule has 0 aliphatic carbocycles. The first-order chi connectivity index (χ1) is 8.78. The summed E-state index contributed by atoms with van der Waals surface area (Å²) in [5.41, 5.74) is 5.68. The van der Waals surface area contributed by atoms with E-state index in [4.69, 9.17) is 15.2 Å². The van der Waals surface area contributed by atoms with Crippen LogP contribution in [0.4, 0.5) is 0 Å². The van der Waals surface area contributed by atoms with E-state index in [0.29, 0.717) is 12.5 Å². The third-order valence-electron chi connectivity index (χ3n) is 4.50. The highest BCUT2D eigenvalue weighted by atomic mass is 16.5. The molecule has 2 N–H and O–H groups in total. The summed E-state index contributed by atoms with van der Waals surface area (Å²) < 4.78 is 12.0. The quantitative estimate of drug-likeness (QED) is 0.734. The van der Waals surface area contributed by atoms with Crippen LogP contribution in [0.5, 0.6) is 0 Å². The van der Waals surface area contributed by atoms with Crippen LogP contribution in [0.3, 0.4) is 0 Å². The van der Waals surface area contributed by atoms with Crippen molar-refractivity contribution in [3.8, 4) is 0 Å². The SMILES string of the molecule is CC(N)C(C)COC(C)(C)C(C)(C)CCOC(C)(C)C. The Hall–Kier alpha value is -0.120. The highest BCUT2D eigenvalue weighted by molar-refractivity contribution is 4.88. The summed E-state index contributed by atoms with van der Waals surface area (Å²) in [4.78, 5) is 0. The van der Waals surface area contributed by atoms with Crippen LogP contribution in [-0.2, 0) is 9.47 Å². The molecule has 3 nitrogen and oxygen atoms in total. The summed E-state index contributed by atoms with van der Waals surface area (Å²) in [6.07, 6.45) is 0.976. The van der Waals surface area contributed by atoms with Crippen LogP contribution in [0.25, 0.3) is 0 Å². The normalized spacial score (nSPS) is 17.1. The maximum Gasteiger partial charge on any atom is 0.0678 e. The Morgan fingerprint density at radius 1 is 0.900 bits per heavy atom. The second kappa shape index (κ2) is 7.24. The molecule has 0 radical (unpaired) electrons. The van der Waals surface area contributed by atoms with E-state index in [2.05, 4.69) is 55.4 Å². The van der Waals surface area contributed by atoms with E-state index in [-0.39, 0.29) is 22.7 Å². The third kappa shape index (κ3) is 7.05. The molecule has 0 bridgehead atoms. The first kappa shape index (κ1) is 19.9. The molecule has 0 saturated carbocycles. The molecule has 20 heavy (non-hydrogen) atoms. The molecule has 0 saturated heterocycles. The molecule has 0 aromatic heterocycles. The van der Waals surface area contributed by atoms with Crippen molar-refractivity contribution in [1.29, 1.82) is 0 Å². The van der Waals surface area contributed by atoms with Crippen LogP contribution in [-0.4, -0.2) is 30.5 Å². The van der Waals surface area contributed by atoms with Gasteiger partial charge in [0.05, 0.1) is 17.8 Å². The van der Waals surface area contributed by atoms with Crippen molar-refractivity contribution in [2.24, 2.45) is 17.1 Å². The number of ether oxygens (including phenoxy) is 2. The Morgan fingerprint density at radius 3 is 1.80 bits per heavy atom. The van der Waals surface area contributed by atoms with Crippen LogP contribution < -0.4 is 5.73 Å². The summed E-state index contributed by atoms with van der Waals surface area (Å²) in [6, 6.07) is 0.165. The monoisotopic (exact) mass is 287 g/mol. The van der Waals surface area contributed by atoms with Gasteiger partial charge in [-0.15, -0.1) is 0 Å². The molecular formula is C17H37NO2. The predicted molar refractivity (Wildman–Crippen MR) is 86.9 cm³/mol. The Balaban J connectivity index is 4.41. The van der Waals surface area contributed by atoms with Crippen molar-refractivity contribution in [1.82, 2.24) is 0 Å². The van der Waals surface area contributed by atoms with Gasteiger partial charge in [-0.2, -0.15) is 0 Å².